The normalized spacial score (nSPS) is 16.9. The number of aliphatic hydroxyl groups is 2. The van der Waals surface area contributed by atoms with Crippen LogP contribution in [0, 0.1) is 5.82 Å². The first-order valence-corrected chi connectivity index (χ1v) is 15.1. The minimum atomic E-state index is -6.23. The summed E-state index contributed by atoms with van der Waals surface area (Å²) in [5, 5.41) is 19.3. The Bertz CT molecular complexity index is 915. The molecule has 0 saturated heterocycles. The Kier molecular flexibility index (Phi) is 9.33. The SMILES string of the molecule is CC[Si](CC)(CC)c1cc(Br)nc([C@@](C)(N[S@](=O)C(C)(C)C)C(F)(F)C(O)(O)C(F)(F)F)c1F. The summed E-state index contributed by atoms with van der Waals surface area (Å²) in [6.07, 6.45) is -6.23. The molecule has 1 rings (SSSR count). The average molecular weight is 602 g/mol. The van der Waals surface area contributed by atoms with E-state index < -0.39 is 58.7 Å². The summed E-state index contributed by atoms with van der Waals surface area (Å²) >= 11 is 3.03. The van der Waals surface area contributed by atoms with Crippen molar-refractivity contribution in [1.29, 1.82) is 0 Å². The van der Waals surface area contributed by atoms with E-state index in [1.165, 1.54) is 26.8 Å². The van der Waals surface area contributed by atoms with Crippen molar-refractivity contribution >= 4 is 40.2 Å². The van der Waals surface area contributed by atoms with E-state index in [9.17, 15) is 27.6 Å². The molecule has 0 aliphatic rings. The van der Waals surface area contributed by atoms with E-state index >= 15 is 13.2 Å². The zero-order chi connectivity index (χ0) is 27.1. The van der Waals surface area contributed by atoms with E-state index in [1.54, 1.807) is 0 Å². The zero-order valence-corrected chi connectivity index (χ0v) is 23.4. The van der Waals surface area contributed by atoms with Gasteiger partial charge in [-0.1, -0.05) is 38.9 Å². The Morgan fingerprint density at radius 3 is 1.82 bits per heavy atom. The lowest BCUT2D eigenvalue weighted by molar-refractivity contribution is -0.429. The van der Waals surface area contributed by atoms with Gasteiger partial charge in [0.15, 0.2) is 0 Å². The molecular formula is C20H31BrF6N2O3SSi. The number of nitrogens with one attached hydrogen (secondary N) is 1. The summed E-state index contributed by atoms with van der Waals surface area (Å²) in [6, 6.07) is 2.84. The standard InChI is InChI=1S/C20H31BrF6N2O3SSi/c1-8-34(9-2,10-3)12-11-13(21)28-15(14(12)22)17(7,29-33(32)16(4,5)6)18(23,24)19(30,31)20(25,26)27/h11,29-31H,8-10H2,1-7H3/t17-,33-/m1/s1. The van der Waals surface area contributed by atoms with Crippen molar-refractivity contribution in [2.24, 2.45) is 0 Å². The molecule has 14 heteroatoms. The van der Waals surface area contributed by atoms with Crippen LogP contribution in [-0.4, -0.2) is 50.1 Å². The highest BCUT2D eigenvalue weighted by molar-refractivity contribution is 9.10. The van der Waals surface area contributed by atoms with E-state index in [2.05, 4.69) is 20.9 Å². The van der Waals surface area contributed by atoms with E-state index in [1.807, 2.05) is 25.5 Å². The Morgan fingerprint density at radius 1 is 1.03 bits per heavy atom. The van der Waals surface area contributed by atoms with Crippen LogP contribution in [0.25, 0.3) is 0 Å². The maximum absolute atomic E-state index is 16.0. The van der Waals surface area contributed by atoms with Crippen LogP contribution in [0.5, 0.6) is 0 Å². The molecule has 0 aliphatic carbocycles. The predicted molar refractivity (Wildman–Crippen MR) is 125 cm³/mol. The second-order valence-corrected chi connectivity index (χ2v) is 17.3. The molecule has 0 amide bonds. The van der Waals surface area contributed by atoms with Gasteiger partial charge in [-0.15, -0.1) is 0 Å². The van der Waals surface area contributed by atoms with Crippen LogP contribution in [0.2, 0.25) is 18.1 Å². The first-order chi connectivity index (χ1) is 15.1. The molecule has 1 heterocycles. The predicted octanol–water partition coefficient (Wildman–Crippen LogP) is 4.84. The smallest absolute Gasteiger partial charge is 0.354 e. The molecule has 0 radical (unpaired) electrons. The fourth-order valence-corrected chi connectivity index (χ4v) is 8.85. The fourth-order valence-electron chi connectivity index (χ4n) is 3.66. The maximum atomic E-state index is 16.0. The molecule has 0 unspecified atom stereocenters. The highest BCUT2D eigenvalue weighted by Crippen LogP contribution is 2.50. The lowest BCUT2D eigenvalue weighted by atomic mass is 9.84. The van der Waals surface area contributed by atoms with E-state index in [0.29, 0.717) is 25.1 Å². The van der Waals surface area contributed by atoms with Crippen LogP contribution >= 0.6 is 15.9 Å². The molecule has 3 N–H and O–H groups in total. The van der Waals surface area contributed by atoms with Crippen molar-refractivity contribution in [3.63, 3.8) is 0 Å². The molecule has 0 bridgehead atoms. The van der Waals surface area contributed by atoms with Gasteiger partial charge in [-0.25, -0.2) is 18.3 Å². The highest BCUT2D eigenvalue weighted by atomic mass is 79.9. The lowest BCUT2D eigenvalue weighted by Crippen LogP contribution is -2.71. The van der Waals surface area contributed by atoms with Crippen LogP contribution in [0.15, 0.2) is 10.7 Å². The Labute approximate surface area is 207 Å². The number of hydrogen-bond acceptors (Lipinski definition) is 4. The summed E-state index contributed by atoms with van der Waals surface area (Å²) in [5.41, 5.74) is -4.76. The summed E-state index contributed by atoms with van der Waals surface area (Å²) in [6.45, 7) is 9.91. The third kappa shape index (κ3) is 5.26. The molecule has 5 nitrogen and oxygen atoms in total. The van der Waals surface area contributed by atoms with Crippen LogP contribution in [0.1, 0.15) is 54.2 Å². The molecule has 1 aromatic heterocycles. The van der Waals surface area contributed by atoms with Gasteiger partial charge in [-0.05, 0) is 54.9 Å². The third-order valence-electron chi connectivity index (χ3n) is 6.32. The number of halogens is 7. The van der Waals surface area contributed by atoms with E-state index in [4.69, 9.17) is 0 Å². The summed E-state index contributed by atoms with van der Waals surface area (Å²) in [4.78, 5) is 3.72. The van der Waals surface area contributed by atoms with Gasteiger partial charge < -0.3 is 10.2 Å². The molecular weight excluding hydrogens is 570 g/mol. The second kappa shape index (κ2) is 10.1. The van der Waals surface area contributed by atoms with Crippen molar-refractivity contribution in [2.45, 2.75) is 94.8 Å². The summed E-state index contributed by atoms with van der Waals surface area (Å²) in [5.74, 6) is -12.4. The monoisotopic (exact) mass is 600 g/mol. The van der Waals surface area contributed by atoms with Gasteiger partial charge in [0.2, 0.25) is 0 Å². The molecule has 0 spiro atoms. The molecule has 0 aromatic carbocycles. The first kappa shape index (κ1) is 31.5. The van der Waals surface area contributed by atoms with Crippen molar-refractivity contribution in [1.82, 2.24) is 9.71 Å². The Morgan fingerprint density at radius 2 is 1.47 bits per heavy atom. The minimum absolute atomic E-state index is 0.0516. The Hall–Kier alpha value is -0.543. The molecule has 0 aliphatic heterocycles. The van der Waals surface area contributed by atoms with Crippen LogP contribution in [0.4, 0.5) is 26.3 Å². The maximum Gasteiger partial charge on any atom is 0.449 e. The van der Waals surface area contributed by atoms with Gasteiger partial charge in [-0.3, -0.25) is 0 Å². The van der Waals surface area contributed by atoms with Crippen LogP contribution in [0.3, 0.4) is 0 Å². The summed E-state index contributed by atoms with van der Waals surface area (Å²) < 4.78 is 100. The number of rotatable bonds is 9. The van der Waals surface area contributed by atoms with Crippen molar-refractivity contribution in [3.05, 3.63) is 22.2 Å². The van der Waals surface area contributed by atoms with Crippen LogP contribution < -0.4 is 9.91 Å². The third-order valence-corrected chi connectivity index (χ3v) is 14.0. The van der Waals surface area contributed by atoms with Gasteiger partial charge in [-0.2, -0.15) is 22.0 Å². The number of aromatic nitrogens is 1. The largest absolute Gasteiger partial charge is 0.449 e. The second-order valence-electron chi connectivity index (χ2n) is 9.35. The van der Waals surface area contributed by atoms with E-state index in [-0.39, 0.29) is 9.79 Å². The number of pyridine rings is 1. The molecule has 0 saturated carbocycles. The average Bonchev–Trinajstić information content (AvgIpc) is 2.69. The van der Waals surface area contributed by atoms with Gasteiger partial charge in [0.05, 0.1) is 23.8 Å². The first-order valence-electron chi connectivity index (χ1n) is 10.6. The quantitative estimate of drug-likeness (QED) is 0.164. The highest BCUT2D eigenvalue weighted by Gasteiger charge is 2.76. The van der Waals surface area contributed by atoms with Crippen molar-refractivity contribution < 1.29 is 40.8 Å². The number of nitrogens with zero attached hydrogens (tertiary/aromatic N) is 1. The van der Waals surface area contributed by atoms with Gasteiger partial charge in [0.1, 0.15) is 21.7 Å². The Balaban J connectivity index is 4.14. The number of alkyl halides is 5. The fraction of sp³-hybridized carbons (Fsp3) is 0.750. The molecule has 1 aromatic rings. The molecule has 198 valence electrons. The minimum Gasteiger partial charge on any atom is -0.354 e. The topological polar surface area (TPSA) is 82.5 Å². The lowest BCUT2D eigenvalue weighted by Gasteiger charge is -2.45. The van der Waals surface area contributed by atoms with Gasteiger partial charge in [0, 0.05) is 0 Å². The van der Waals surface area contributed by atoms with Gasteiger partial charge in [0.25, 0.3) is 0 Å². The van der Waals surface area contributed by atoms with E-state index in [0.717, 1.165) is 0 Å². The molecule has 2 atom stereocenters. The molecule has 34 heavy (non-hydrogen) atoms. The summed E-state index contributed by atoms with van der Waals surface area (Å²) in [7, 11) is -5.13. The van der Waals surface area contributed by atoms with Crippen molar-refractivity contribution in [2.75, 3.05) is 0 Å². The number of hydrogen-bond donors (Lipinski definition) is 3. The van der Waals surface area contributed by atoms with Crippen molar-refractivity contribution in [3.8, 4) is 0 Å². The zero-order valence-electron chi connectivity index (χ0n) is 20.0. The van der Waals surface area contributed by atoms with Crippen LogP contribution in [-0.2, 0) is 16.5 Å². The van der Waals surface area contributed by atoms with Gasteiger partial charge >= 0.3 is 17.9 Å². The molecule has 0 fully saturated rings.